The van der Waals surface area contributed by atoms with E-state index in [-0.39, 0.29) is 0 Å². The molecule has 2 atom stereocenters. The number of benzene rings is 1. The van der Waals surface area contributed by atoms with Crippen molar-refractivity contribution in [2.24, 2.45) is 5.92 Å². The van der Waals surface area contributed by atoms with Gasteiger partial charge in [-0.3, -0.25) is 0 Å². The monoisotopic (exact) mass is 379 g/mol. The van der Waals surface area contributed by atoms with Gasteiger partial charge in [0.2, 0.25) is 0 Å². The van der Waals surface area contributed by atoms with Gasteiger partial charge in [-0.1, -0.05) is 37.4 Å². The van der Waals surface area contributed by atoms with Crippen LogP contribution in [0.25, 0.3) is 0 Å². The lowest BCUT2D eigenvalue weighted by Gasteiger charge is -2.44. The highest BCUT2D eigenvalue weighted by atomic mass is 35.5. The quantitative estimate of drug-likeness (QED) is 0.743. The molecule has 1 heterocycles. The van der Waals surface area contributed by atoms with E-state index in [4.69, 9.17) is 23.8 Å². The molecule has 3 rings (SSSR count). The first kappa shape index (κ1) is 18.9. The van der Waals surface area contributed by atoms with Gasteiger partial charge >= 0.3 is 0 Å². The van der Waals surface area contributed by atoms with E-state index in [9.17, 15) is 0 Å². The molecule has 1 N–H and O–H groups in total. The molecule has 5 heteroatoms. The number of piperidine rings is 1. The SMILES string of the molecule is C[C@H]1CCCC[C@@H]1N(C)C1CCN(C(=S)Nc2cccc(Cl)c2)CC1. The van der Waals surface area contributed by atoms with E-state index in [1.165, 1.54) is 38.5 Å². The Balaban J connectivity index is 1.50. The second kappa shape index (κ2) is 8.70. The number of halogens is 1. The average molecular weight is 380 g/mol. The van der Waals surface area contributed by atoms with Crippen LogP contribution in [0.15, 0.2) is 24.3 Å². The van der Waals surface area contributed by atoms with Gasteiger partial charge < -0.3 is 15.1 Å². The fraction of sp³-hybridized carbons (Fsp3) is 0.650. The molecule has 1 aliphatic carbocycles. The summed E-state index contributed by atoms with van der Waals surface area (Å²) in [6.07, 6.45) is 7.95. The zero-order valence-electron chi connectivity index (χ0n) is 15.4. The van der Waals surface area contributed by atoms with Crippen LogP contribution in [0.4, 0.5) is 5.69 Å². The van der Waals surface area contributed by atoms with Crippen LogP contribution in [-0.2, 0) is 0 Å². The standard InChI is InChI=1S/C20H30ClN3S/c1-15-6-3-4-9-19(15)23(2)18-10-12-24(13-11-18)20(25)22-17-8-5-7-16(21)14-17/h5,7-8,14-15,18-19H,3-4,6,9-13H2,1-2H3,(H,22,25)/t15-,19-/m0/s1. The van der Waals surface area contributed by atoms with E-state index in [1.807, 2.05) is 24.3 Å². The number of rotatable bonds is 3. The minimum atomic E-state index is 0.691. The summed E-state index contributed by atoms with van der Waals surface area (Å²) in [6, 6.07) is 9.20. The molecule has 0 unspecified atom stereocenters. The third kappa shape index (κ3) is 4.87. The van der Waals surface area contributed by atoms with Gasteiger partial charge in [-0.05, 0) is 69.1 Å². The van der Waals surface area contributed by atoms with Gasteiger partial charge in [0.25, 0.3) is 0 Å². The Bertz CT molecular complexity index is 586. The summed E-state index contributed by atoms with van der Waals surface area (Å²) in [5.74, 6) is 0.836. The third-order valence-electron chi connectivity index (χ3n) is 5.99. The van der Waals surface area contributed by atoms with E-state index in [0.717, 1.165) is 40.9 Å². The summed E-state index contributed by atoms with van der Waals surface area (Å²) in [7, 11) is 2.34. The maximum Gasteiger partial charge on any atom is 0.173 e. The van der Waals surface area contributed by atoms with Crippen molar-refractivity contribution in [1.29, 1.82) is 0 Å². The minimum Gasteiger partial charge on any atom is -0.349 e. The molecule has 2 fully saturated rings. The summed E-state index contributed by atoms with van der Waals surface area (Å²) >= 11 is 11.7. The molecular formula is C20H30ClN3S. The number of hydrogen-bond acceptors (Lipinski definition) is 2. The van der Waals surface area contributed by atoms with E-state index < -0.39 is 0 Å². The van der Waals surface area contributed by atoms with Gasteiger partial charge in [-0.25, -0.2) is 0 Å². The molecule has 0 aromatic heterocycles. The molecule has 25 heavy (non-hydrogen) atoms. The zero-order valence-corrected chi connectivity index (χ0v) is 17.0. The largest absolute Gasteiger partial charge is 0.349 e. The van der Waals surface area contributed by atoms with Crippen LogP contribution < -0.4 is 5.32 Å². The van der Waals surface area contributed by atoms with Gasteiger partial charge in [-0.2, -0.15) is 0 Å². The maximum absolute atomic E-state index is 6.05. The molecule has 0 spiro atoms. The highest BCUT2D eigenvalue weighted by Crippen LogP contribution is 2.30. The van der Waals surface area contributed by atoms with E-state index in [0.29, 0.717) is 6.04 Å². The van der Waals surface area contributed by atoms with Crippen LogP contribution in [-0.4, -0.2) is 47.1 Å². The number of hydrogen-bond donors (Lipinski definition) is 1. The summed E-state index contributed by atoms with van der Waals surface area (Å²) < 4.78 is 0. The first-order chi connectivity index (χ1) is 12.0. The molecule has 1 saturated heterocycles. The lowest BCUT2D eigenvalue weighted by atomic mass is 9.84. The first-order valence-corrected chi connectivity index (χ1v) is 10.4. The molecule has 1 saturated carbocycles. The van der Waals surface area contributed by atoms with Gasteiger partial charge in [-0.15, -0.1) is 0 Å². The first-order valence-electron chi connectivity index (χ1n) is 9.58. The molecule has 2 aliphatic rings. The van der Waals surface area contributed by atoms with Gasteiger partial charge in [0.1, 0.15) is 0 Å². The Morgan fingerprint density at radius 1 is 1.20 bits per heavy atom. The Morgan fingerprint density at radius 3 is 2.60 bits per heavy atom. The van der Waals surface area contributed by atoms with Crippen LogP contribution in [0.5, 0.6) is 0 Å². The second-order valence-electron chi connectivity index (χ2n) is 7.65. The molecule has 1 aromatic carbocycles. The van der Waals surface area contributed by atoms with Gasteiger partial charge in [0.05, 0.1) is 0 Å². The predicted molar refractivity (Wildman–Crippen MR) is 111 cm³/mol. The summed E-state index contributed by atoms with van der Waals surface area (Å²) in [5, 5.41) is 4.87. The predicted octanol–water partition coefficient (Wildman–Crippen LogP) is 5.01. The number of likely N-dealkylation sites (tertiary alicyclic amines) is 1. The summed E-state index contributed by atoms with van der Waals surface area (Å²) in [4.78, 5) is 4.97. The fourth-order valence-electron chi connectivity index (χ4n) is 4.42. The van der Waals surface area contributed by atoms with Gasteiger partial charge in [0.15, 0.2) is 5.11 Å². The van der Waals surface area contributed by atoms with E-state index in [2.05, 4.69) is 29.1 Å². The summed E-state index contributed by atoms with van der Waals surface area (Å²) in [5.41, 5.74) is 0.966. The third-order valence-corrected chi connectivity index (χ3v) is 6.59. The van der Waals surface area contributed by atoms with Crippen LogP contribution in [0, 0.1) is 5.92 Å². The van der Waals surface area contributed by atoms with Crippen molar-refractivity contribution < 1.29 is 0 Å². The van der Waals surface area contributed by atoms with Crippen LogP contribution >= 0.6 is 23.8 Å². The van der Waals surface area contributed by atoms with Crippen molar-refractivity contribution in [3.8, 4) is 0 Å². The number of nitrogens with zero attached hydrogens (tertiary/aromatic N) is 2. The van der Waals surface area contributed by atoms with Crippen LogP contribution in [0.2, 0.25) is 5.02 Å². The Morgan fingerprint density at radius 2 is 1.92 bits per heavy atom. The van der Waals surface area contributed by atoms with Crippen LogP contribution in [0.3, 0.4) is 0 Å². The Kier molecular flexibility index (Phi) is 6.59. The summed E-state index contributed by atoms with van der Waals surface area (Å²) in [6.45, 7) is 4.49. The van der Waals surface area contributed by atoms with Crippen molar-refractivity contribution in [1.82, 2.24) is 9.80 Å². The lowest BCUT2D eigenvalue weighted by Crippen LogP contribution is -2.51. The Labute approximate surface area is 162 Å². The molecule has 0 amide bonds. The van der Waals surface area contributed by atoms with Crippen molar-refractivity contribution in [2.45, 2.75) is 57.5 Å². The minimum absolute atomic E-state index is 0.691. The molecule has 1 aliphatic heterocycles. The van der Waals surface area contributed by atoms with E-state index in [1.54, 1.807) is 0 Å². The lowest BCUT2D eigenvalue weighted by molar-refractivity contribution is 0.0691. The highest BCUT2D eigenvalue weighted by Gasteiger charge is 2.31. The molecule has 0 bridgehead atoms. The van der Waals surface area contributed by atoms with Crippen molar-refractivity contribution in [3.63, 3.8) is 0 Å². The maximum atomic E-state index is 6.05. The van der Waals surface area contributed by atoms with E-state index >= 15 is 0 Å². The van der Waals surface area contributed by atoms with Crippen molar-refractivity contribution in [3.05, 3.63) is 29.3 Å². The van der Waals surface area contributed by atoms with Gasteiger partial charge in [0, 0.05) is 35.9 Å². The number of thiocarbonyl (C=S) groups is 1. The normalized spacial score (nSPS) is 25.2. The molecule has 0 radical (unpaired) electrons. The molecular weight excluding hydrogens is 350 g/mol. The number of nitrogens with one attached hydrogen (secondary N) is 1. The molecule has 1 aromatic rings. The Hall–Kier alpha value is -0.840. The van der Waals surface area contributed by atoms with Crippen molar-refractivity contribution in [2.75, 3.05) is 25.5 Å². The zero-order chi connectivity index (χ0) is 17.8. The average Bonchev–Trinajstić information content (AvgIpc) is 2.62. The highest BCUT2D eigenvalue weighted by molar-refractivity contribution is 7.80. The van der Waals surface area contributed by atoms with Crippen LogP contribution in [0.1, 0.15) is 45.4 Å². The topological polar surface area (TPSA) is 18.5 Å². The number of anilines is 1. The smallest absolute Gasteiger partial charge is 0.173 e. The molecule has 3 nitrogen and oxygen atoms in total. The second-order valence-corrected chi connectivity index (χ2v) is 8.48. The fourth-order valence-corrected chi connectivity index (χ4v) is 4.91. The van der Waals surface area contributed by atoms with Crippen molar-refractivity contribution >= 4 is 34.6 Å². The molecule has 138 valence electrons.